The number of nitrogens with zero attached hydrogens (tertiary/aromatic N) is 1. The van der Waals surface area contributed by atoms with Crippen LogP contribution in [0.2, 0.25) is 0 Å². The maximum Gasteiger partial charge on any atom is 0.141 e. The van der Waals surface area contributed by atoms with Crippen molar-refractivity contribution in [3.05, 3.63) is 52.5 Å². The van der Waals surface area contributed by atoms with E-state index in [9.17, 15) is 4.39 Å². The van der Waals surface area contributed by atoms with Gasteiger partial charge < -0.3 is 11.1 Å². The second-order valence-electron chi connectivity index (χ2n) is 4.76. The fourth-order valence-electron chi connectivity index (χ4n) is 2.10. The number of pyridine rings is 1. The summed E-state index contributed by atoms with van der Waals surface area (Å²) in [6.45, 7) is 5.55. The summed E-state index contributed by atoms with van der Waals surface area (Å²) in [5.74, 6) is 0.361. The monoisotopic (exact) mass is 289 g/mol. The lowest BCUT2D eigenvalue weighted by Crippen LogP contribution is -2.15. The highest BCUT2D eigenvalue weighted by molar-refractivity contribution is 7.80. The first-order chi connectivity index (χ1) is 9.38. The molecule has 3 nitrogen and oxygen atoms in total. The minimum Gasteiger partial charge on any atom is -0.389 e. The van der Waals surface area contributed by atoms with Crippen LogP contribution >= 0.6 is 12.2 Å². The highest BCUT2D eigenvalue weighted by Gasteiger charge is 2.12. The van der Waals surface area contributed by atoms with Gasteiger partial charge in [0.15, 0.2) is 0 Å². The highest BCUT2D eigenvalue weighted by Crippen LogP contribution is 2.24. The number of benzene rings is 1. The molecule has 1 aromatic heterocycles. The molecule has 2 aromatic rings. The van der Waals surface area contributed by atoms with Crippen molar-refractivity contribution < 1.29 is 4.39 Å². The third-order valence-corrected chi connectivity index (χ3v) is 3.22. The van der Waals surface area contributed by atoms with Gasteiger partial charge in [-0.3, -0.25) is 0 Å². The van der Waals surface area contributed by atoms with Gasteiger partial charge >= 0.3 is 0 Å². The minimum atomic E-state index is -0.237. The SMILES string of the molecule is Cc1cc(C)c(C(N)=S)c(Nc2ccc(F)c(C)c2)n1. The van der Waals surface area contributed by atoms with E-state index >= 15 is 0 Å². The number of rotatable bonds is 3. The summed E-state index contributed by atoms with van der Waals surface area (Å²) in [4.78, 5) is 4.72. The molecule has 0 amide bonds. The zero-order valence-electron chi connectivity index (χ0n) is 11.6. The lowest BCUT2D eigenvalue weighted by atomic mass is 10.1. The Bertz CT molecular complexity index is 683. The highest BCUT2D eigenvalue weighted by atomic mass is 32.1. The molecule has 0 atom stereocenters. The van der Waals surface area contributed by atoms with Crippen LogP contribution in [-0.4, -0.2) is 9.97 Å². The predicted octanol–water partition coefficient (Wildman–Crippen LogP) is 3.52. The van der Waals surface area contributed by atoms with Crippen molar-refractivity contribution in [2.24, 2.45) is 5.73 Å². The maximum absolute atomic E-state index is 13.3. The molecular weight excluding hydrogens is 273 g/mol. The van der Waals surface area contributed by atoms with Crippen LogP contribution in [0.15, 0.2) is 24.3 Å². The minimum absolute atomic E-state index is 0.237. The van der Waals surface area contributed by atoms with Crippen LogP contribution in [0.1, 0.15) is 22.4 Å². The van der Waals surface area contributed by atoms with E-state index in [1.165, 1.54) is 6.07 Å². The zero-order valence-corrected chi connectivity index (χ0v) is 12.4. The van der Waals surface area contributed by atoms with E-state index in [1.807, 2.05) is 19.9 Å². The third-order valence-electron chi connectivity index (χ3n) is 3.01. The van der Waals surface area contributed by atoms with Crippen LogP contribution in [0.25, 0.3) is 0 Å². The molecule has 0 saturated heterocycles. The number of nitrogens with two attached hydrogens (primary N) is 1. The first-order valence-corrected chi connectivity index (χ1v) is 6.60. The molecule has 0 radical (unpaired) electrons. The van der Waals surface area contributed by atoms with Crippen molar-refractivity contribution in [1.82, 2.24) is 4.98 Å². The van der Waals surface area contributed by atoms with E-state index in [0.29, 0.717) is 16.9 Å². The van der Waals surface area contributed by atoms with Gasteiger partial charge in [0.25, 0.3) is 0 Å². The Morgan fingerprint density at radius 3 is 2.50 bits per heavy atom. The standard InChI is InChI=1S/C15H16FN3S/c1-8-7-11(4-5-12(8)16)19-15-13(14(17)20)9(2)6-10(3)18-15/h4-7H,1-3H3,(H2,17,20)(H,18,19). The number of thiocarbonyl (C=S) groups is 1. The topological polar surface area (TPSA) is 50.9 Å². The van der Waals surface area contributed by atoms with Gasteiger partial charge in [0.2, 0.25) is 0 Å². The zero-order chi connectivity index (χ0) is 14.9. The van der Waals surface area contributed by atoms with Crippen molar-refractivity contribution in [3.63, 3.8) is 0 Å². The van der Waals surface area contributed by atoms with Crippen LogP contribution in [0.5, 0.6) is 0 Å². The van der Waals surface area contributed by atoms with Gasteiger partial charge in [0.1, 0.15) is 16.6 Å². The summed E-state index contributed by atoms with van der Waals surface area (Å²) in [6.07, 6.45) is 0. The normalized spacial score (nSPS) is 10.4. The van der Waals surface area contributed by atoms with Gasteiger partial charge in [-0.05, 0) is 56.2 Å². The molecule has 5 heteroatoms. The van der Waals surface area contributed by atoms with Gasteiger partial charge in [0, 0.05) is 11.4 Å². The van der Waals surface area contributed by atoms with E-state index in [1.54, 1.807) is 19.1 Å². The molecule has 0 spiro atoms. The molecule has 0 bridgehead atoms. The average molecular weight is 289 g/mol. The van der Waals surface area contributed by atoms with E-state index in [0.717, 1.165) is 16.9 Å². The van der Waals surface area contributed by atoms with Gasteiger partial charge in [-0.2, -0.15) is 0 Å². The fourth-order valence-corrected chi connectivity index (χ4v) is 2.36. The van der Waals surface area contributed by atoms with Gasteiger partial charge in [0.05, 0.1) is 5.56 Å². The largest absolute Gasteiger partial charge is 0.389 e. The van der Waals surface area contributed by atoms with Crippen molar-refractivity contribution in [1.29, 1.82) is 0 Å². The molecule has 1 heterocycles. The van der Waals surface area contributed by atoms with Gasteiger partial charge in [-0.25, -0.2) is 9.37 Å². The molecule has 0 aliphatic carbocycles. The maximum atomic E-state index is 13.3. The molecule has 0 unspecified atom stereocenters. The molecule has 3 N–H and O–H groups in total. The number of hydrogen-bond acceptors (Lipinski definition) is 3. The summed E-state index contributed by atoms with van der Waals surface area (Å²) in [5, 5.41) is 3.16. The first kappa shape index (κ1) is 14.4. The summed E-state index contributed by atoms with van der Waals surface area (Å²) in [7, 11) is 0. The number of nitrogens with one attached hydrogen (secondary N) is 1. The van der Waals surface area contributed by atoms with Gasteiger partial charge in [-0.15, -0.1) is 0 Å². The predicted molar refractivity (Wildman–Crippen MR) is 84.0 cm³/mol. The van der Waals surface area contributed by atoms with Crippen LogP contribution in [0, 0.1) is 26.6 Å². The Balaban J connectivity index is 2.47. The second kappa shape index (κ2) is 5.54. The average Bonchev–Trinajstić information content (AvgIpc) is 2.32. The molecule has 20 heavy (non-hydrogen) atoms. The molecule has 0 saturated carbocycles. The summed E-state index contributed by atoms with van der Waals surface area (Å²) >= 11 is 5.08. The Kier molecular flexibility index (Phi) is 3.99. The number of aromatic nitrogens is 1. The molecule has 2 rings (SSSR count). The van der Waals surface area contributed by atoms with Crippen molar-refractivity contribution in [3.8, 4) is 0 Å². The Labute approximate surface area is 123 Å². The van der Waals surface area contributed by atoms with E-state index in [4.69, 9.17) is 18.0 Å². The molecule has 0 fully saturated rings. The lowest BCUT2D eigenvalue weighted by Gasteiger charge is -2.14. The van der Waals surface area contributed by atoms with Crippen molar-refractivity contribution >= 4 is 28.7 Å². The van der Waals surface area contributed by atoms with Crippen molar-refractivity contribution in [2.45, 2.75) is 20.8 Å². The smallest absolute Gasteiger partial charge is 0.141 e. The summed E-state index contributed by atoms with van der Waals surface area (Å²) < 4.78 is 13.3. The Hall–Kier alpha value is -2.01. The lowest BCUT2D eigenvalue weighted by molar-refractivity contribution is 0.619. The molecular formula is C15H16FN3S. The van der Waals surface area contributed by atoms with Crippen LogP contribution in [0.3, 0.4) is 0 Å². The molecule has 0 aliphatic rings. The van der Waals surface area contributed by atoms with E-state index in [-0.39, 0.29) is 10.8 Å². The Morgan fingerprint density at radius 1 is 1.20 bits per heavy atom. The number of hydrogen-bond donors (Lipinski definition) is 2. The molecule has 1 aromatic carbocycles. The molecule has 0 aliphatic heterocycles. The van der Waals surface area contributed by atoms with Crippen LogP contribution in [0.4, 0.5) is 15.9 Å². The number of anilines is 2. The summed E-state index contributed by atoms with van der Waals surface area (Å²) in [6, 6.07) is 6.72. The number of halogens is 1. The quantitative estimate of drug-likeness (QED) is 0.849. The van der Waals surface area contributed by atoms with E-state index < -0.39 is 0 Å². The third kappa shape index (κ3) is 2.93. The van der Waals surface area contributed by atoms with Crippen LogP contribution < -0.4 is 11.1 Å². The van der Waals surface area contributed by atoms with Crippen LogP contribution in [-0.2, 0) is 0 Å². The van der Waals surface area contributed by atoms with E-state index in [2.05, 4.69) is 10.3 Å². The number of aryl methyl sites for hydroxylation is 3. The second-order valence-corrected chi connectivity index (χ2v) is 5.20. The Morgan fingerprint density at radius 2 is 1.90 bits per heavy atom. The fraction of sp³-hybridized carbons (Fsp3) is 0.200. The first-order valence-electron chi connectivity index (χ1n) is 6.19. The summed E-state index contributed by atoms with van der Waals surface area (Å²) in [5.41, 5.74) is 9.62. The molecule has 104 valence electrons. The van der Waals surface area contributed by atoms with Gasteiger partial charge in [-0.1, -0.05) is 12.2 Å². The van der Waals surface area contributed by atoms with Crippen molar-refractivity contribution in [2.75, 3.05) is 5.32 Å².